The third kappa shape index (κ3) is 4.44. The van der Waals surface area contributed by atoms with Gasteiger partial charge < -0.3 is 14.4 Å². The van der Waals surface area contributed by atoms with E-state index in [0.717, 1.165) is 13.0 Å². The van der Waals surface area contributed by atoms with Crippen LogP contribution in [0, 0.1) is 5.92 Å². The van der Waals surface area contributed by atoms with E-state index in [0.29, 0.717) is 29.6 Å². The number of nitrogens with zero attached hydrogens (tertiary/aromatic N) is 1. The van der Waals surface area contributed by atoms with E-state index in [1.807, 2.05) is 14.0 Å². The van der Waals surface area contributed by atoms with Crippen molar-refractivity contribution in [2.45, 2.75) is 27.2 Å². The van der Waals surface area contributed by atoms with Crippen LogP contribution in [0.25, 0.3) is 0 Å². The highest BCUT2D eigenvalue weighted by molar-refractivity contribution is 5.94. The summed E-state index contributed by atoms with van der Waals surface area (Å²) in [6.07, 6.45) is 0.996. The molecule has 0 aliphatic carbocycles. The molecule has 1 aromatic carbocycles. The van der Waals surface area contributed by atoms with Crippen LogP contribution in [0.3, 0.4) is 0 Å². The number of carbonyl (C=O) groups excluding carboxylic acids is 1. The van der Waals surface area contributed by atoms with Gasteiger partial charge in [0.25, 0.3) is 5.91 Å². The molecule has 1 amide bonds. The third-order valence-electron chi connectivity index (χ3n) is 3.10. The highest BCUT2D eigenvalue weighted by Gasteiger charge is 2.15. The minimum atomic E-state index is 0.00648. The largest absolute Gasteiger partial charge is 0.493 e. The first-order valence-corrected chi connectivity index (χ1v) is 7.05. The maximum atomic E-state index is 12.3. The Morgan fingerprint density at radius 1 is 1.30 bits per heavy atom. The van der Waals surface area contributed by atoms with Crippen molar-refractivity contribution < 1.29 is 14.3 Å². The number of benzene rings is 1. The van der Waals surface area contributed by atoms with Gasteiger partial charge in [0, 0.05) is 19.2 Å². The molecule has 4 heteroatoms. The fraction of sp³-hybridized carbons (Fsp3) is 0.562. The Labute approximate surface area is 121 Å². The summed E-state index contributed by atoms with van der Waals surface area (Å²) in [6.45, 7) is 7.54. The molecule has 0 heterocycles. The summed E-state index contributed by atoms with van der Waals surface area (Å²) in [5.41, 5.74) is 0.622. The Hall–Kier alpha value is -1.71. The molecular weight excluding hydrogens is 254 g/mol. The number of ether oxygens (including phenoxy) is 2. The third-order valence-corrected chi connectivity index (χ3v) is 3.10. The van der Waals surface area contributed by atoms with Gasteiger partial charge in [0.1, 0.15) is 0 Å². The van der Waals surface area contributed by atoms with Gasteiger partial charge in [-0.3, -0.25) is 4.79 Å². The maximum absolute atomic E-state index is 12.3. The molecule has 0 radical (unpaired) electrons. The van der Waals surface area contributed by atoms with Crippen LogP contribution in [0.15, 0.2) is 18.2 Å². The van der Waals surface area contributed by atoms with Crippen molar-refractivity contribution >= 4 is 5.91 Å². The van der Waals surface area contributed by atoms with Crippen molar-refractivity contribution in [1.82, 2.24) is 4.90 Å². The summed E-state index contributed by atoms with van der Waals surface area (Å²) in [4.78, 5) is 14.1. The lowest BCUT2D eigenvalue weighted by Gasteiger charge is -2.19. The molecular formula is C16H25NO3. The Kier molecular flexibility index (Phi) is 6.36. The molecule has 0 aromatic heterocycles. The Balaban J connectivity index is 2.82. The van der Waals surface area contributed by atoms with Crippen LogP contribution in [0.5, 0.6) is 11.5 Å². The number of carbonyl (C=O) groups is 1. The Morgan fingerprint density at radius 2 is 2.00 bits per heavy atom. The van der Waals surface area contributed by atoms with Gasteiger partial charge >= 0.3 is 0 Å². The summed E-state index contributed by atoms with van der Waals surface area (Å²) in [6, 6.07) is 5.30. The summed E-state index contributed by atoms with van der Waals surface area (Å²) >= 11 is 0. The average Bonchev–Trinajstić information content (AvgIpc) is 2.44. The molecule has 4 nitrogen and oxygen atoms in total. The summed E-state index contributed by atoms with van der Waals surface area (Å²) < 4.78 is 10.7. The molecule has 0 atom stereocenters. The van der Waals surface area contributed by atoms with E-state index >= 15 is 0 Å². The average molecular weight is 279 g/mol. The van der Waals surface area contributed by atoms with E-state index < -0.39 is 0 Å². The van der Waals surface area contributed by atoms with E-state index in [1.165, 1.54) is 0 Å². The second-order valence-corrected chi connectivity index (χ2v) is 5.21. The summed E-state index contributed by atoms with van der Waals surface area (Å²) in [5, 5.41) is 0. The molecule has 0 bridgehead atoms. The first kappa shape index (κ1) is 16.3. The fourth-order valence-corrected chi connectivity index (χ4v) is 1.85. The maximum Gasteiger partial charge on any atom is 0.253 e. The van der Waals surface area contributed by atoms with Gasteiger partial charge in [-0.15, -0.1) is 0 Å². The van der Waals surface area contributed by atoms with Crippen LogP contribution in [-0.4, -0.2) is 38.1 Å². The molecule has 1 rings (SSSR count). The SMILES string of the molecule is CCOc1ccc(C(=O)N(C)CCC(C)C)cc1OC. The van der Waals surface area contributed by atoms with Crippen LogP contribution < -0.4 is 9.47 Å². The van der Waals surface area contributed by atoms with Gasteiger partial charge in [0.05, 0.1) is 13.7 Å². The van der Waals surface area contributed by atoms with Crippen molar-refractivity contribution in [1.29, 1.82) is 0 Å². The van der Waals surface area contributed by atoms with Crippen molar-refractivity contribution in [2.75, 3.05) is 27.3 Å². The number of rotatable bonds is 7. The smallest absolute Gasteiger partial charge is 0.253 e. The fourth-order valence-electron chi connectivity index (χ4n) is 1.85. The predicted octanol–water partition coefficient (Wildman–Crippen LogP) is 3.21. The first-order valence-electron chi connectivity index (χ1n) is 7.05. The zero-order chi connectivity index (χ0) is 15.1. The molecule has 0 aliphatic rings. The van der Waals surface area contributed by atoms with Gasteiger partial charge in [0.2, 0.25) is 0 Å². The standard InChI is InChI=1S/C16H25NO3/c1-6-20-14-8-7-13(11-15(14)19-5)16(18)17(4)10-9-12(2)3/h7-8,11-12H,6,9-10H2,1-5H3. The van der Waals surface area contributed by atoms with E-state index in [4.69, 9.17) is 9.47 Å². The van der Waals surface area contributed by atoms with E-state index in [1.54, 1.807) is 30.2 Å². The van der Waals surface area contributed by atoms with E-state index in [2.05, 4.69) is 13.8 Å². The number of hydrogen-bond acceptors (Lipinski definition) is 3. The molecule has 1 aromatic rings. The van der Waals surface area contributed by atoms with Crippen molar-refractivity contribution in [3.63, 3.8) is 0 Å². The topological polar surface area (TPSA) is 38.8 Å². The van der Waals surface area contributed by atoms with Gasteiger partial charge in [-0.05, 0) is 37.5 Å². The van der Waals surface area contributed by atoms with Crippen LogP contribution in [0.2, 0.25) is 0 Å². The quantitative estimate of drug-likeness (QED) is 0.769. The lowest BCUT2D eigenvalue weighted by Crippen LogP contribution is -2.28. The Bertz CT molecular complexity index is 443. The minimum absolute atomic E-state index is 0.00648. The second kappa shape index (κ2) is 7.78. The normalized spacial score (nSPS) is 10.5. The van der Waals surface area contributed by atoms with E-state index in [-0.39, 0.29) is 5.91 Å². The van der Waals surface area contributed by atoms with Crippen LogP contribution in [0.4, 0.5) is 0 Å². The molecule has 20 heavy (non-hydrogen) atoms. The van der Waals surface area contributed by atoms with Crippen LogP contribution in [0.1, 0.15) is 37.6 Å². The highest BCUT2D eigenvalue weighted by Crippen LogP contribution is 2.28. The summed E-state index contributed by atoms with van der Waals surface area (Å²) in [5.74, 6) is 1.85. The lowest BCUT2D eigenvalue weighted by atomic mass is 10.1. The molecule has 0 saturated heterocycles. The molecule has 0 fully saturated rings. The van der Waals surface area contributed by atoms with Crippen molar-refractivity contribution in [2.24, 2.45) is 5.92 Å². The van der Waals surface area contributed by atoms with Gasteiger partial charge in [-0.2, -0.15) is 0 Å². The predicted molar refractivity (Wildman–Crippen MR) is 80.6 cm³/mol. The highest BCUT2D eigenvalue weighted by atomic mass is 16.5. The zero-order valence-corrected chi connectivity index (χ0v) is 13.1. The van der Waals surface area contributed by atoms with Crippen molar-refractivity contribution in [3.05, 3.63) is 23.8 Å². The zero-order valence-electron chi connectivity index (χ0n) is 13.1. The first-order chi connectivity index (χ1) is 9.49. The monoisotopic (exact) mass is 279 g/mol. The van der Waals surface area contributed by atoms with E-state index in [9.17, 15) is 4.79 Å². The van der Waals surface area contributed by atoms with Gasteiger partial charge in [-0.1, -0.05) is 13.8 Å². The van der Waals surface area contributed by atoms with Crippen LogP contribution in [-0.2, 0) is 0 Å². The second-order valence-electron chi connectivity index (χ2n) is 5.21. The molecule has 0 saturated carbocycles. The summed E-state index contributed by atoms with van der Waals surface area (Å²) in [7, 11) is 3.40. The lowest BCUT2D eigenvalue weighted by molar-refractivity contribution is 0.0788. The Morgan fingerprint density at radius 3 is 2.55 bits per heavy atom. The number of amides is 1. The number of hydrogen-bond donors (Lipinski definition) is 0. The number of methoxy groups -OCH3 is 1. The molecule has 0 unspecified atom stereocenters. The van der Waals surface area contributed by atoms with Crippen LogP contribution >= 0.6 is 0 Å². The molecule has 112 valence electrons. The van der Waals surface area contributed by atoms with Crippen molar-refractivity contribution in [3.8, 4) is 11.5 Å². The molecule has 0 spiro atoms. The van der Waals surface area contributed by atoms with Gasteiger partial charge in [0.15, 0.2) is 11.5 Å². The minimum Gasteiger partial charge on any atom is -0.493 e. The van der Waals surface area contributed by atoms with Gasteiger partial charge in [-0.25, -0.2) is 0 Å². The molecule has 0 aliphatic heterocycles. The molecule has 0 N–H and O–H groups in total.